The normalized spacial score (nSPS) is 2.86. The van der Waals surface area contributed by atoms with Gasteiger partial charge in [0.2, 0.25) is 0 Å². The van der Waals surface area contributed by atoms with Gasteiger partial charge in [0.1, 0.15) is 0 Å². The van der Waals surface area contributed by atoms with E-state index in [1.165, 1.54) is 0 Å². The highest BCUT2D eigenvalue weighted by Gasteiger charge is 0.950. The Hall–Kier alpha value is 0. The average molecular weight is 317 g/mol. The topological polar surface area (TPSA) is 0 Å². The summed E-state index contributed by atoms with van der Waals surface area (Å²) in [7, 11) is 0. The molecule has 0 radical (unpaired) electrons. The van der Waals surface area contributed by atoms with E-state index in [0.29, 0.717) is 0 Å². The van der Waals surface area contributed by atoms with Crippen LogP contribution in [0.1, 0.15) is 146 Å². The van der Waals surface area contributed by atoms with Gasteiger partial charge >= 0.3 is 0 Å². The minimum atomic E-state index is 0. The third kappa shape index (κ3) is 0. The van der Waals surface area contributed by atoms with E-state index in [2.05, 4.69) is 0 Å². The fourth-order valence-corrected chi connectivity index (χ4v) is 0. The van der Waals surface area contributed by atoms with Crippen molar-refractivity contribution in [3.63, 3.8) is 0 Å². The zero-order chi connectivity index (χ0) is 20.0. The summed E-state index contributed by atoms with van der Waals surface area (Å²) in [6.45, 7) is 40.0. The Labute approximate surface area is 146 Å². The molecular formula is C21H64. The molecule has 0 heterocycles. The van der Waals surface area contributed by atoms with Crippen molar-refractivity contribution in [2.24, 2.45) is 0 Å². The lowest BCUT2D eigenvalue weighted by molar-refractivity contribution is 1.50. The van der Waals surface area contributed by atoms with Gasteiger partial charge in [-0.25, -0.2) is 0 Å². The average Bonchev–Trinajstić information content (AvgIpc) is 2.71. The minimum absolute atomic E-state index is 0. The van der Waals surface area contributed by atoms with Crippen LogP contribution >= 0.6 is 0 Å². The van der Waals surface area contributed by atoms with Crippen molar-refractivity contribution in [2.45, 2.75) is 146 Å². The van der Waals surface area contributed by atoms with E-state index >= 15 is 0 Å². The predicted octanol–water partition coefficient (Wildman–Crippen LogP) is 10.9. The van der Waals surface area contributed by atoms with Crippen molar-refractivity contribution in [3.8, 4) is 0 Å². The first-order chi connectivity index (χ1) is 10.0. The summed E-state index contributed by atoms with van der Waals surface area (Å²) < 4.78 is 0. The van der Waals surface area contributed by atoms with Crippen LogP contribution in [0.3, 0.4) is 0 Å². The van der Waals surface area contributed by atoms with Gasteiger partial charge in [-0.05, 0) is 0 Å². The fraction of sp³-hybridized carbons (Fsp3) is 1.00. The Morgan fingerprint density at radius 1 is 0.143 bits per heavy atom. The molecule has 0 aromatic carbocycles. The maximum Gasteiger partial charge on any atom is -0.0683 e. The molecule has 0 saturated heterocycles. The molecule has 148 valence electrons. The summed E-state index contributed by atoms with van der Waals surface area (Å²) in [4.78, 5) is 0. The van der Waals surface area contributed by atoms with Crippen molar-refractivity contribution in [2.75, 3.05) is 0 Å². The Bertz CT molecular complexity index is 0. The molecule has 0 aliphatic heterocycles. The van der Waals surface area contributed by atoms with Crippen molar-refractivity contribution in [3.05, 3.63) is 0 Å². The largest absolute Gasteiger partial charge is 0.0776 e. The highest BCUT2D eigenvalue weighted by Crippen LogP contribution is 1.16. The van der Waals surface area contributed by atoms with Gasteiger partial charge in [0.25, 0.3) is 0 Å². The molecule has 0 fully saturated rings. The smallest absolute Gasteiger partial charge is 0.0683 e. The molecule has 0 unspecified atom stereocenters. The zero-order valence-electron chi connectivity index (χ0n) is 20.0. The molecule has 0 spiro atoms. The molecule has 0 heteroatoms. The molecule has 0 nitrogen and oxygen atoms in total. The summed E-state index contributed by atoms with van der Waals surface area (Å²) in [6.07, 6.45) is 0. The molecule has 0 aromatic rings. The molecule has 0 aliphatic rings. The summed E-state index contributed by atoms with van der Waals surface area (Å²) >= 11 is 0. The van der Waals surface area contributed by atoms with Crippen LogP contribution in [0, 0.1) is 0 Å². The fourth-order valence-electron chi connectivity index (χ4n) is 0. The SMILES string of the molecule is C.CC.CC.CC.CC.CC.CC.CC.CC.CC.CC. The molecule has 0 atom stereocenters. The van der Waals surface area contributed by atoms with E-state index in [9.17, 15) is 0 Å². The van der Waals surface area contributed by atoms with Gasteiger partial charge in [-0.1, -0.05) is 146 Å². The maximum absolute atomic E-state index is 2.00. The van der Waals surface area contributed by atoms with Crippen molar-refractivity contribution in [1.82, 2.24) is 0 Å². The quantitative estimate of drug-likeness (QED) is 0.416. The van der Waals surface area contributed by atoms with Crippen LogP contribution in [0.4, 0.5) is 0 Å². The summed E-state index contributed by atoms with van der Waals surface area (Å²) in [6, 6.07) is 0. The standard InChI is InChI=1S/10C2H6.CH4/c10*1-2;/h10*1-2H3;1H4. The first kappa shape index (κ1) is 84.0. The van der Waals surface area contributed by atoms with Crippen LogP contribution in [0.2, 0.25) is 0 Å². The van der Waals surface area contributed by atoms with E-state index < -0.39 is 0 Å². The van der Waals surface area contributed by atoms with Gasteiger partial charge in [0.05, 0.1) is 0 Å². The molecule has 0 amide bonds. The van der Waals surface area contributed by atoms with Crippen molar-refractivity contribution >= 4 is 0 Å². The number of rotatable bonds is 0. The maximum atomic E-state index is 2.00. The second kappa shape index (κ2) is 0. The molecule has 0 bridgehead atoms. The lowest BCUT2D eigenvalue weighted by Crippen LogP contribution is -0.856. The second-order valence-electron chi connectivity index (χ2n) is 0. The Morgan fingerprint density at radius 3 is 0.143 bits per heavy atom. The van der Waals surface area contributed by atoms with Crippen LogP contribution in [0.15, 0.2) is 0 Å². The van der Waals surface area contributed by atoms with E-state index in [1.54, 1.807) is 0 Å². The monoisotopic (exact) mass is 317 g/mol. The van der Waals surface area contributed by atoms with E-state index in [1.807, 2.05) is 138 Å². The van der Waals surface area contributed by atoms with Crippen LogP contribution in [-0.4, -0.2) is 0 Å². The van der Waals surface area contributed by atoms with Crippen molar-refractivity contribution in [1.29, 1.82) is 0 Å². The first-order valence-electron chi connectivity index (χ1n) is 10.0. The number of hydrogen-bond donors (Lipinski definition) is 0. The van der Waals surface area contributed by atoms with Gasteiger partial charge in [0.15, 0.2) is 0 Å². The highest BCUT2D eigenvalue weighted by atomic mass is 13.0. The van der Waals surface area contributed by atoms with Crippen molar-refractivity contribution < 1.29 is 0 Å². The molecular weight excluding hydrogens is 252 g/mol. The highest BCUT2D eigenvalue weighted by molar-refractivity contribution is 3.52. The summed E-state index contributed by atoms with van der Waals surface area (Å²) in [5.41, 5.74) is 0. The van der Waals surface area contributed by atoms with E-state index in [-0.39, 0.29) is 7.43 Å². The summed E-state index contributed by atoms with van der Waals surface area (Å²) in [5, 5.41) is 0. The molecule has 0 aliphatic carbocycles. The molecule has 0 rings (SSSR count). The predicted molar refractivity (Wildman–Crippen MR) is 120 cm³/mol. The third-order valence-electron chi connectivity index (χ3n) is 0. The van der Waals surface area contributed by atoms with E-state index in [4.69, 9.17) is 0 Å². The first-order valence-corrected chi connectivity index (χ1v) is 10.0. The van der Waals surface area contributed by atoms with Gasteiger partial charge in [-0.2, -0.15) is 0 Å². The summed E-state index contributed by atoms with van der Waals surface area (Å²) in [5.74, 6) is 0. The Morgan fingerprint density at radius 2 is 0.143 bits per heavy atom. The second-order valence-corrected chi connectivity index (χ2v) is 0. The van der Waals surface area contributed by atoms with Gasteiger partial charge in [0, 0.05) is 0 Å². The molecule has 0 aromatic heterocycles. The van der Waals surface area contributed by atoms with Crippen LogP contribution in [0.5, 0.6) is 0 Å². The van der Waals surface area contributed by atoms with E-state index in [0.717, 1.165) is 0 Å². The molecule has 0 N–H and O–H groups in total. The Balaban J connectivity index is -0.00000000585. The molecule has 21 heavy (non-hydrogen) atoms. The van der Waals surface area contributed by atoms with Gasteiger partial charge in [-0.3, -0.25) is 0 Å². The number of hydrogen-bond acceptors (Lipinski definition) is 0. The van der Waals surface area contributed by atoms with Gasteiger partial charge < -0.3 is 0 Å². The lowest BCUT2D eigenvalue weighted by atomic mass is 11.0. The molecule has 0 saturated carbocycles. The lowest BCUT2D eigenvalue weighted by Gasteiger charge is -1.07. The minimum Gasteiger partial charge on any atom is -0.0776 e. The zero-order valence-corrected chi connectivity index (χ0v) is 20.0. The van der Waals surface area contributed by atoms with Crippen LogP contribution in [-0.2, 0) is 0 Å². The van der Waals surface area contributed by atoms with Gasteiger partial charge in [-0.15, -0.1) is 0 Å². The van der Waals surface area contributed by atoms with Crippen LogP contribution < -0.4 is 0 Å². The van der Waals surface area contributed by atoms with Crippen LogP contribution in [0.25, 0.3) is 0 Å². The Kier molecular flexibility index (Phi) is 0. The third-order valence-corrected chi connectivity index (χ3v) is 0.